The van der Waals surface area contributed by atoms with E-state index in [9.17, 15) is 13.2 Å². The standard InChI is InChI=1S/C21H23F3N6/c1-14(2)28(3)20-26-18-15(8-6-11-25-18)19(27-20)30-13-7-12-29(30)17-10-5-4-9-16(17)21(22,23)24/h4-6,8-11,14H,7,12-13H2,1-3H3. The first-order chi connectivity index (χ1) is 14.3. The summed E-state index contributed by atoms with van der Waals surface area (Å²) >= 11 is 0. The van der Waals surface area contributed by atoms with Crippen molar-refractivity contribution in [3.63, 3.8) is 0 Å². The Morgan fingerprint density at radius 1 is 1.00 bits per heavy atom. The molecular weight excluding hydrogens is 393 g/mol. The highest BCUT2D eigenvalue weighted by Gasteiger charge is 2.37. The van der Waals surface area contributed by atoms with Crippen molar-refractivity contribution in [2.45, 2.75) is 32.5 Å². The molecule has 6 nitrogen and oxygen atoms in total. The van der Waals surface area contributed by atoms with Gasteiger partial charge < -0.3 is 4.90 Å². The molecule has 1 aliphatic rings. The number of pyridine rings is 1. The molecule has 1 aromatic carbocycles. The van der Waals surface area contributed by atoms with Crippen molar-refractivity contribution < 1.29 is 13.2 Å². The van der Waals surface area contributed by atoms with Crippen molar-refractivity contribution in [1.82, 2.24) is 15.0 Å². The maximum atomic E-state index is 13.7. The van der Waals surface area contributed by atoms with E-state index in [1.54, 1.807) is 23.3 Å². The van der Waals surface area contributed by atoms with Gasteiger partial charge in [-0.1, -0.05) is 12.1 Å². The van der Waals surface area contributed by atoms with Crippen molar-refractivity contribution in [1.29, 1.82) is 0 Å². The second-order valence-electron chi connectivity index (χ2n) is 7.54. The summed E-state index contributed by atoms with van der Waals surface area (Å²) in [6.07, 6.45) is -2.07. The molecule has 158 valence electrons. The Morgan fingerprint density at radius 3 is 2.47 bits per heavy atom. The fourth-order valence-corrected chi connectivity index (χ4v) is 3.54. The van der Waals surface area contributed by atoms with Gasteiger partial charge in [0.25, 0.3) is 0 Å². The summed E-state index contributed by atoms with van der Waals surface area (Å²) in [7, 11) is 1.89. The lowest BCUT2D eigenvalue weighted by molar-refractivity contribution is -0.137. The van der Waals surface area contributed by atoms with E-state index in [4.69, 9.17) is 4.98 Å². The van der Waals surface area contributed by atoms with Gasteiger partial charge in [0.05, 0.1) is 16.6 Å². The fourth-order valence-electron chi connectivity index (χ4n) is 3.54. The van der Waals surface area contributed by atoms with Crippen LogP contribution in [-0.2, 0) is 6.18 Å². The smallest absolute Gasteiger partial charge is 0.341 e. The van der Waals surface area contributed by atoms with Gasteiger partial charge >= 0.3 is 6.18 Å². The highest BCUT2D eigenvalue weighted by molar-refractivity contribution is 5.89. The minimum absolute atomic E-state index is 0.122. The molecule has 4 rings (SSSR count). The van der Waals surface area contributed by atoms with Crippen molar-refractivity contribution in [2.24, 2.45) is 0 Å². The maximum absolute atomic E-state index is 13.7. The van der Waals surface area contributed by atoms with E-state index in [1.165, 1.54) is 12.1 Å². The molecule has 0 aliphatic carbocycles. The second-order valence-corrected chi connectivity index (χ2v) is 7.54. The lowest BCUT2D eigenvalue weighted by Gasteiger charge is -2.33. The van der Waals surface area contributed by atoms with Crippen LogP contribution in [0.4, 0.5) is 30.6 Å². The summed E-state index contributed by atoms with van der Waals surface area (Å²) in [6, 6.07) is 9.44. The Morgan fingerprint density at radius 2 is 1.73 bits per heavy atom. The number of hydrogen-bond acceptors (Lipinski definition) is 6. The fraction of sp³-hybridized carbons (Fsp3) is 0.381. The third-order valence-electron chi connectivity index (χ3n) is 5.29. The zero-order valence-electron chi connectivity index (χ0n) is 17.1. The van der Waals surface area contributed by atoms with E-state index in [-0.39, 0.29) is 11.7 Å². The monoisotopic (exact) mass is 416 g/mol. The molecule has 0 N–H and O–H groups in total. The Kier molecular flexibility index (Phi) is 5.13. The number of nitrogens with zero attached hydrogens (tertiary/aromatic N) is 6. The lowest BCUT2D eigenvalue weighted by atomic mass is 10.1. The molecule has 0 radical (unpaired) electrons. The third kappa shape index (κ3) is 3.59. The number of rotatable bonds is 4. The quantitative estimate of drug-likeness (QED) is 0.623. The number of alkyl halides is 3. The minimum atomic E-state index is -4.44. The van der Waals surface area contributed by atoms with Crippen molar-refractivity contribution in [3.05, 3.63) is 48.2 Å². The summed E-state index contributed by atoms with van der Waals surface area (Å²) in [6.45, 7) is 5.06. The summed E-state index contributed by atoms with van der Waals surface area (Å²) in [5.74, 6) is 1.05. The van der Waals surface area contributed by atoms with Gasteiger partial charge in [-0.05, 0) is 44.5 Å². The summed E-state index contributed by atoms with van der Waals surface area (Å²) < 4.78 is 41.0. The Labute approximate surface area is 172 Å². The van der Waals surface area contributed by atoms with Crippen LogP contribution < -0.4 is 14.9 Å². The van der Waals surface area contributed by atoms with Crippen LogP contribution in [0.2, 0.25) is 0 Å². The number of halogens is 3. The number of hydrazine groups is 1. The van der Waals surface area contributed by atoms with Crippen LogP contribution in [0.5, 0.6) is 0 Å². The minimum Gasteiger partial charge on any atom is -0.341 e. The van der Waals surface area contributed by atoms with Gasteiger partial charge in [0.1, 0.15) is 0 Å². The van der Waals surface area contributed by atoms with E-state index < -0.39 is 11.7 Å². The molecule has 1 fully saturated rings. The van der Waals surface area contributed by atoms with Crippen molar-refractivity contribution in [2.75, 3.05) is 35.1 Å². The van der Waals surface area contributed by atoms with Crippen LogP contribution in [0.25, 0.3) is 11.0 Å². The zero-order valence-corrected chi connectivity index (χ0v) is 17.1. The largest absolute Gasteiger partial charge is 0.418 e. The average molecular weight is 416 g/mol. The normalized spacial score (nSPS) is 14.8. The van der Waals surface area contributed by atoms with Gasteiger partial charge in [-0.25, -0.2) is 4.98 Å². The Balaban J connectivity index is 1.86. The molecule has 3 aromatic rings. The highest BCUT2D eigenvalue weighted by atomic mass is 19.4. The molecule has 0 amide bonds. The zero-order chi connectivity index (χ0) is 21.5. The summed E-state index contributed by atoms with van der Waals surface area (Å²) in [4.78, 5) is 15.6. The van der Waals surface area contributed by atoms with Crippen LogP contribution >= 0.6 is 0 Å². The molecule has 1 saturated heterocycles. The van der Waals surface area contributed by atoms with Gasteiger partial charge in [-0.2, -0.15) is 23.1 Å². The SMILES string of the molecule is CC(C)N(C)c1nc(N2CCCN2c2ccccc2C(F)(F)F)c2cccnc2n1. The van der Waals surface area contributed by atoms with Crippen molar-refractivity contribution >= 4 is 28.5 Å². The molecule has 3 heterocycles. The molecule has 1 aliphatic heterocycles. The Bertz CT molecular complexity index is 1050. The van der Waals surface area contributed by atoms with E-state index in [1.807, 2.05) is 36.9 Å². The van der Waals surface area contributed by atoms with E-state index in [0.717, 1.165) is 6.07 Å². The lowest BCUT2D eigenvalue weighted by Crippen LogP contribution is -2.39. The number of anilines is 3. The molecule has 2 aromatic heterocycles. The molecule has 9 heteroatoms. The summed E-state index contributed by atoms with van der Waals surface area (Å²) in [5, 5.41) is 4.18. The number of hydrogen-bond donors (Lipinski definition) is 0. The van der Waals surface area contributed by atoms with Gasteiger partial charge in [0.2, 0.25) is 5.95 Å². The molecular formula is C21H23F3N6. The van der Waals surface area contributed by atoms with E-state index in [2.05, 4.69) is 9.97 Å². The van der Waals surface area contributed by atoms with Gasteiger partial charge in [-0.15, -0.1) is 0 Å². The second kappa shape index (κ2) is 7.62. The van der Waals surface area contributed by atoms with E-state index in [0.29, 0.717) is 42.3 Å². The van der Waals surface area contributed by atoms with E-state index >= 15 is 0 Å². The van der Waals surface area contributed by atoms with Gasteiger partial charge in [0.15, 0.2) is 11.5 Å². The number of aromatic nitrogens is 3. The number of fused-ring (bicyclic) bond motifs is 1. The number of benzene rings is 1. The topological polar surface area (TPSA) is 48.4 Å². The summed E-state index contributed by atoms with van der Waals surface area (Å²) in [5.41, 5.74) is -0.0224. The molecule has 0 unspecified atom stereocenters. The van der Waals surface area contributed by atoms with Crippen LogP contribution in [0.1, 0.15) is 25.8 Å². The number of para-hydroxylation sites is 1. The Hall–Kier alpha value is -3.10. The van der Waals surface area contributed by atoms with Crippen LogP contribution in [0.3, 0.4) is 0 Å². The van der Waals surface area contributed by atoms with Crippen LogP contribution in [0, 0.1) is 0 Å². The highest BCUT2D eigenvalue weighted by Crippen LogP contribution is 2.39. The maximum Gasteiger partial charge on any atom is 0.418 e. The van der Waals surface area contributed by atoms with Crippen molar-refractivity contribution in [3.8, 4) is 0 Å². The predicted molar refractivity (Wildman–Crippen MR) is 112 cm³/mol. The molecule has 0 saturated carbocycles. The van der Waals surface area contributed by atoms with Gasteiger partial charge in [-0.3, -0.25) is 10.0 Å². The van der Waals surface area contributed by atoms with Crippen LogP contribution in [-0.4, -0.2) is 41.1 Å². The first kappa shape index (κ1) is 20.2. The predicted octanol–water partition coefficient (Wildman–Crippen LogP) is 4.52. The first-order valence-corrected chi connectivity index (χ1v) is 9.84. The molecule has 30 heavy (non-hydrogen) atoms. The van der Waals surface area contributed by atoms with Gasteiger partial charge in [0, 0.05) is 32.4 Å². The molecule has 0 spiro atoms. The average Bonchev–Trinajstić information content (AvgIpc) is 3.21. The molecule has 0 bridgehead atoms. The first-order valence-electron chi connectivity index (χ1n) is 9.84. The molecule has 0 atom stereocenters. The third-order valence-corrected chi connectivity index (χ3v) is 5.29. The van der Waals surface area contributed by atoms with Crippen LogP contribution in [0.15, 0.2) is 42.6 Å².